The molecular formula is C78H137NO18. The molecule has 0 aromatic rings. The van der Waals surface area contributed by atoms with E-state index < -0.39 is 124 Å². The molecule has 0 aliphatic carbocycles. The average Bonchev–Trinajstić information content (AvgIpc) is 0.790. The Kier molecular flexibility index (Phi) is 53.2. The maximum atomic E-state index is 13.5. The van der Waals surface area contributed by atoms with Crippen LogP contribution in [0.25, 0.3) is 0 Å². The number of ether oxygens (including phenoxy) is 6. The van der Waals surface area contributed by atoms with E-state index in [1.807, 2.05) is 0 Å². The minimum absolute atomic E-state index is 0.239. The molecule has 17 unspecified atom stereocenters. The summed E-state index contributed by atoms with van der Waals surface area (Å²) in [5.41, 5.74) is 0. The first-order valence-electron chi connectivity index (χ1n) is 38.3. The third-order valence-corrected chi connectivity index (χ3v) is 18.7. The van der Waals surface area contributed by atoms with E-state index in [-0.39, 0.29) is 18.9 Å². The van der Waals surface area contributed by atoms with Gasteiger partial charge in [0, 0.05) is 6.42 Å². The van der Waals surface area contributed by atoms with Crippen molar-refractivity contribution in [3.8, 4) is 0 Å². The largest absolute Gasteiger partial charge is 0.394 e. The Labute approximate surface area is 584 Å². The highest BCUT2D eigenvalue weighted by molar-refractivity contribution is 5.76. The van der Waals surface area contributed by atoms with Gasteiger partial charge in [-0.1, -0.05) is 279 Å². The highest BCUT2D eigenvalue weighted by atomic mass is 16.8. The molecule has 0 bridgehead atoms. The molecule has 1 amide bonds. The highest BCUT2D eigenvalue weighted by Crippen LogP contribution is 2.33. The zero-order valence-corrected chi connectivity index (χ0v) is 59.8. The number of hydrogen-bond acceptors (Lipinski definition) is 18. The van der Waals surface area contributed by atoms with Gasteiger partial charge in [0.1, 0.15) is 73.2 Å². The Bertz CT molecular complexity index is 2080. The number of aliphatic hydroxyl groups excluding tert-OH is 11. The van der Waals surface area contributed by atoms with E-state index in [0.717, 1.165) is 103 Å². The van der Waals surface area contributed by atoms with Gasteiger partial charge in [-0.15, -0.1) is 0 Å². The molecule has 0 saturated carbocycles. The van der Waals surface area contributed by atoms with Crippen LogP contribution in [0.4, 0.5) is 0 Å². The fourth-order valence-electron chi connectivity index (χ4n) is 12.6. The molecule has 0 spiro atoms. The summed E-state index contributed by atoms with van der Waals surface area (Å²) in [5.74, 6) is -0.262. The van der Waals surface area contributed by atoms with Crippen LogP contribution in [0.5, 0.6) is 0 Å². The van der Waals surface area contributed by atoms with E-state index in [9.17, 15) is 61.0 Å². The number of allylic oxidation sites excluding steroid dienone is 14. The second-order valence-corrected chi connectivity index (χ2v) is 27.1. The first-order chi connectivity index (χ1) is 47.3. The van der Waals surface area contributed by atoms with Crippen molar-refractivity contribution >= 4 is 5.91 Å². The Balaban J connectivity index is 1.41. The normalized spacial score (nSPS) is 27.4. The van der Waals surface area contributed by atoms with Gasteiger partial charge in [0.05, 0.1) is 38.6 Å². The molecule has 3 aliphatic heterocycles. The van der Waals surface area contributed by atoms with Crippen molar-refractivity contribution in [1.29, 1.82) is 0 Å². The van der Waals surface area contributed by atoms with Gasteiger partial charge in [-0.3, -0.25) is 4.79 Å². The Morgan fingerprint density at radius 2 is 0.711 bits per heavy atom. The molecule has 3 heterocycles. The molecule has 17 atom stereocenters. The second kappa shape index (κ2) is 58.5. The Hall–Kier alpha value is -3.03. The third-order valence-electron chi connectivity index (χ3n) is 18.7. The number of amides is 1. The summed E-state index contributed by atoms with van der Waals surface area (Å²) in [7, 11) is 0. The summed E-state index contributed by atoms with van der Waals surface area (Å²) in [6.07, 6.45) is 49.4. The van der Waals surface area contributed by atoms with Gasteiger partial charge in [-0.25, -0.2) is 0 Å². The monoisotopic (exact) mass is 1380 g/mol. The summed E-state index contributed by atoms with van der Waals surface area (Å²) in [5, 5.41) is 121. The number of carbonyl (C=O) groups excluding carboxylic acids is 1. The molecule has 97 heavy (non-hydrogen) atoms. The molecule has 3 aliphatic rings. The lowest BCUT2D eigenvalue weighted by molar-refractivity contribution is -0.379. The number of aliphatic hydroxyl groups is 11. The van der Waals surface area contributed by atoms with Crippen LogP contribution in [0, 0.1) is 0 Å². The number of rotatable bonds is 59. The fourth-order valence-corrected chi connectivity index (χ4v) is 12.6. The smallest absolute Gasteiger partial charge is 0.220 e. The van der Waals surface area contributed by atoms with E-state index >= 15 is 0 Å². The first-order valence-corrected chi connectivity index (χ1v) is 38.3. The zero-order chi connectivity index (χ0) is 70.4. The topological polar surface area (TPSA) is 307 Å². The van der Waals surface area contributed by atoms with E-state index in [4.69, 9.17) is 28.4 Å². The molecule has 0 aromatic heterocycles. The minimum atomic E-state index is -1.98. The van der Waals surface area contributed by atoms with Gasteiger partial charge < -0.3 is 89.9 Å². The number of unbranched alkanes of at least 4 members (excludes halogenated alkanes) is 29. The lowest BCUT2D eigenvalue weighted by Crippen LogP contribution is -2.66. The van der Waals surface area contributed by atoms with E-state index in [2.05, 4.69) is 104 Å². The maximum Gasteiger partial charge on any atom is 0.220 e. The highest BCUT2D eigenvalue weighted by Gasteiger charge is 2.53. The molecule has 3 saturated heterocycles. The maximum absolute atomic E-state index is 13.5. The fraction of sp³-hybridized carbons (Fsp3) is 0.808. The van der Waals surface area contributed by atoms with Crippen molar-refractivity contribution in [2.75, 3.05) is 26.4 Å². The molecule has 19 nitrogen and oxygen atoms in total. The van der Waals surface area contributed by atoms with Gasteiger partial charge >= 0.3 is 0 Å². The summed E-state index contributed by atoms with van der Waals surface area (Å²) < 4.78 is 34.5. The van der Waals surface area contributed by atoms with Crippen molar-refractivity contribution in [2.24, 2.45) is 0 Å². The molecular weight excluding hydrogens is 1240 g/mol. The molecule has 0 aromatic carbocycles. The van der Waals surface area contributed by atoms with Crippen molar-refractivity contribution in [1.82, 2.24) is 5.32 Å². The molecule has 3 rings (SSSR count). The Morgan fingerprint density at radius 1 is 0.381 bits per heavy atom. The molecule has 0 radical (unpaired) electrons. The summed E-state index contributed by atoms with van der Waals surface area (Å²) in [6, 6.07) is -0.906. The van der Waals surface area contributed by atoms with Crippen LogP contribution in [0.1, 0.15) is 271 Å². The Morgan fingerprint density at radius 3 is 1.11 bits per heavy atom. The van der Waals surface area contributed by atoms with Gasteiger partial charge in [0.2, 0.25) is 5.91 Å². The van der Waals surface area contributed by atoms with Crippen molar-refractivity contribution in [2.45, 2.75) is 375 Å². The first kappa shape index (κ1) is 88.2. The van der Waals surface area contributed by atoms with Crippen LogP contribution in [0.15, 0.2) is 85.1 Å². The predicted octanol–water partition coefficient (Wildman–Crippen LogP) is 11.8. The van der Waals surface area contributed by atoms with Crippen LogP contribution in [0.2, 0.25) is 0 Å². The van der Waals surface area contributed by atoms with Crippen LogP contribution >= 0.6 is 0 Å². The SMILES string of the molecule is CC/C=C\C/C=C\C/C=C\C/C=C\C/C=C\C/C=C\C/C=C\CCCCCCCC(=O)NC(COC1OC(CO)C(OC2OC(CO)C(OC3OC(CO)C(O)C(O)C3O)C(O)C2O)C(O)C1O)C(O)CCCCCCCCCCCCCCCCCCCCCCCCCCC. The van der Waals surface area contributed by atoms with Crippen LogP contribution in [-0.2, 0) is 33.2 Å². The van der Waals surface area contributed by atoms with Crippen molar-refractivity contribution in [3.05, 3.63) is 85.1 Å². The number of carbonyl (C=O) groups is 1. The van der Waals surface area contributed by atoms with Crippen molar-refractivity contribution < 1.29 is 89.4 Å². The number of nitrogens with one attached hydrogen (secondary N) is 1. The van der Waals surface area contributed by atoms with Gasteiger partial charge in [0.25, 0.3) is 0 Å². The van der Waals surface area contributed by atoms with Crippen LogP contribution in [0.3, 0.4) is 0 Å². The van der Waals surface area contributed by atoms with Crippen LogP contribution in [-0.4, -0.2) is 193 Å². The number of hydrogen-bond donors (Lipinski definition) is 12. The lowest BCUT2D eigenvalue weighted by atomic mass is 9.96. The third kappa shape index (κ3) is 39.3. The predicted molar refractivity (Wildman–Crippen MR) is 383 cm³/mol. The van der Waals surface area contributed by atoms with Crippen LogP contribution < -0.4 is 5.32 Å². The second-order valence-electron chi connectivity index (χ2n) is 27.1. The standard InChI is InChI=1S/C78H137NO18/c1-3-5-7-9-11-13-15-17-19-21-23-25-27-29-30-32-34-36-38-40-42-44-46-48-50-52-54-56-66(84)79-61(62(83)55-53-51-49-47-45-43-41-39-37-35-33-31-28-26-24-22-20-18-16-14-12-10-8-6-4-2)60-92-76-72(90)69(87)74(64(58-81)94-76)97-78-73(91)70(88)75(65(59-82)95-78)96-77-71(89)68(86)67(85)63(57-80)93-77/h5,7,11,13,17,19,23,25,29-30,34,36,40,42,61-65,67-78,80-83,85-91H,3-4,6,8-10,12,14-16,18,20-22,24,26-28,31-33,35,37-39,41,43-60H2,1-2H3,(H,79,84)/b7-5-,13-11-,19-17-,25-23-,30-29-,36-34-,42-40-. The van der Waals surface area contributed by atoms with Gasteiger partial charge in [-0.05, 0) is 70.6 Å². The zero-order valence-electron chi connectivity index (χ0n) is 59.8. The van der Waals surface area contributed by atoms with E-state index in [0.29, 0.717) is 12.8 Å². The molecule has 562 valence electrons. The minimum Gasteiger partial charge on any atom is -0.394 e. The molecule has 3 fully saturated rings. The van der Waals surface area contributed by atoms with Gasteiger partial charge in [0.15, 0.2) is 18.9 Å². The summed E-state index contributed by atoms with van der Waals surface area (Å²) >= 11 is 0. The quantitative estimate of drug-likeness (QED) is 0.0199. The molecule has 19 heteroatoms. The van der Waals surface area contributed by atoms with Crippen molar-refractivity contribution in [3.63, 3.8) is 0 Å². The molecule has 12 N–H and O–H groups in total. The average molecular weight is 1380 g/mol. The van der Waals surface area contributed by atoms with E-state index in [1.165, 1.54) is 135 Å². The van der Waals surface area contributed by atoms with E-state index in [1.54, 1.807) is 0 Å². The van der Waals surface area contributed by atoms with Gasteiger partial charge in [-0.2, -0.15) is 0 Å². The summed E-state index contributed by atoms with van der Waals surface area (Å²) in [6.45, 7) is 1.69. The lowest BCUT2D eigenvalue weighted by Gasteiger charge is -2.48. The summed E-state index contributed by atoms with van der Waals surface area (Å²) in [4.78, 5) is 13.5.